The summed E-state index contributed by atoms with van der Waals surface area (Å²) in [7, 11) is 0. The molecule has 1 aromatic heterocycles. The molecule has 0 aliphatic carbocycles. The summed E-state index contributed by atoms with van der Waals surface area (Å²) >= 11 is 12.5. The molecule has 24 heavy (non-hydrogen) atoms. The molecule has 0 fully saturated rings. The molecule has 0 unspecified atom stereocenters. The van der Waals surface area contributed by atoms with Gasteiger partial charge in [-0.1, -0.05) is 65.7 Å². The van der Waals surface area contributed by atoms with Gasteiger partial charge in [-0.05, 0) is 30.2 Å². The molecule has 0 atom stereocenters. The van der Waals surface area contributed by atoms with Crippen molar-refractivity contribution < 1.29 is 0 Å². The smallest absolute Gasteiger partial charge is 0.136 e. The van der Waals surface area contributed by atoms with E-state index in [1.807, 2.05) is 36.4 Å². The second-order valence-electron chi connectivity index (χ2n) is 5.40. The maximum absolute atomic E-state index is 6.35. The van der Waals surface area contributed by atoms with Crippen LogP contribution in [0.25, 0.3) is 11.1 Å². The van der Waals surface area contributed by atoms with Crippen LogP contribution in [0.4, 0.5) is 11.6 Å². The Morgan fingerprint density at radius 1 is 0.875 bits per heavy atom. The molecule has 122 valence electrons. The minimum atomic E-state index is 0.458. The van der Waals surface area contributed by atoms with Crippen molar-refractivity contribution in [3.05, 3.63) is 76.3 Å². The lowest BCUT2D eigenvalue weighted by Crippen LogP contribution is -2.08. The first-order valence-corrected chi connectivity index (χ1v) is 8.39. The van der Waals surface area contributed by atoms with Gasteiger partial charge >= 0.3 is 0 Å². The quantitative estimate of drug-likeness (QED) is 0.651. The van der Waals surface area contributed by atoms with Gasteiger partial charge in [-0.2, -0.15) is 0 Å². The summed E-state index contributed by atoms with van der Waals surface area (Å²) in [5, 5.41) is 4.38. The van der Waals surface area contributed by atoms with Crippen LogP contribution >= 0.6 is 23.2 Å². The largest absolute Gasteiger partial charge is 0.384 e. The topological polar surface area (TPSA) is 50.9 Å². The third-order valence-electron chi connectivity index (χ3n) is 3.71. The monoisotopic (exact) mass is 357 g/mol. The summed E-state index contributed by atoms with van der Waals surface area (Å²) in [6.45, 7) is 0.742. The predicted octanol–water partition coefficient (Wildman–Crippen LogP) is 5.29. The van der Waals surface area contributed by atoms with E-state index in [0.717, 1.165) is 24.1 Å². The number of pyridine rings is 1. The van der Waals surface area contributed by atoms with E-state index in [-0.39, 0.29) is 0 Å². The van der Waals surface area contributed by atoms with Gasteiger partial charge in [-0.15, -0.1) is 0 Å². The number of nitrogens with zero attached hydrogens (tertiary/aromatic N) is 1. The number of nitrogens with two attached hydrogens (primary N) is 1. The number of nitrogens with one attached hydrogen (secondary N) is 1. The molecule has 3 N–H and O–H groups in total. The molecule has 0 amide bonds. The highest BCUT2D eigenvalue weighted by molar-refractivity contribution is 6.43. The molecule has 0 saturated heterocycles. The van der Waals surface area contributed by atoms with Crippen LogP contribution in [0.2, 0.25) is 10.0 Å². The Balaban J connectivity index is 1.85. The zero-order chi connectivity index (χ0) is 16.9. The molecule has 5 heteroatoms. The third kappa shape index (κ3) is 3.81. The average Bonchev–Trinajstić information content (AvgIpc) is 2.59. The van der Waals surface area contributed by atoms with Gasteiger partial charge < -0.3 is 11.1 Å². The Bertz CT molecular complexity index is 835. The molecular formula is C19H17Cl2N3. The zero-order valence-electron chi connectivity index (χ0n) is 13.0. The van der Waals surface area contributed by atoms with Crippen LogP contribution in [0.5, 0.6) is 0 Å². The van der Waals surface area contributed by atoms with Gasteiger partial charge in [0.2, 0.25) is 0 Å². The lowest BCUT2D eigenvalue weighted by Gasteiger charge is -2.13. The van der Waals surface area contributed by atoms with Gasteiger partial charge in [0.15, 0.2) is 0 Å². The maximum Gasteiger partial charge on any atom is 0.136 e. The number of benzene rings is 2. The second-order valence-corrected chi connectivity index (χ2v) is 6.18. The Morgan fingerprint density at radius 2 is 1.67 bits per heavy atom. The Morgan fingerprint density at radius 3 is 2.46 bits per heavy atom. The number of hydrogen-bond donors (Lipinski definition) is 2. The summed E-state index contributed by atoms with van der Waals surface area (Å²) in [6.07, 6.45) is 0.889. The third-order valence-corrected chi connectivity index (χ3v) is 4.53. The number of rotatable bonds is 5. The van der Waals surface area contributed by atoms with Crippen molar-refractivity contribution in [2.75, 3.05) is 17.6 Å². The van der Waals surface area contributed by atoms with Crippen molar-refractivity contribution in [2.24, 2.45) is 0 Å². The molecule has 3 nitrogen and oxygen atoms in total. The highest BCUT2D eigenvalue weighted by Crippen LogP contribution is 2.36. The van der Waals surface area contributed by atoms with E-state index in [0.29, 0.717) is 21.7 Å². The van der Waals surface area contributed by atoms with Gasteiger partial charge in [0, 0.05) is 17.7 Å². The van der Waals surface area contributed by atoms with Gasteiger partial charge in [0.25, 0.3) is 0 Å². The van der Waals surface area contributed by atoms with Crippen LogP contribution < -0.4 is 11.1 Å². The fraction of sp³-hybridized carbons (Fsp3) is 0.105. The van der Waals surface area contributed by atoms with Crippen molar-refractivity contribution in [1.29, 1.82) is 0 Å². The molecule has 2 aromatic carbocycles. The van der Waals surface area contributed by atoms with Crippen molar-refractivity contribution in [2.45, 2.75) is 6.42 Å². The van der Waals surface area contributed by atoms with E-state index >= 15 is 0 Å². The first-order chi connectivity index (χ1) is 11.6. The van der Waals surface area contributed by atoms with E-state index in [2.05, 4.69) is 22.4 Å². The fourth-order valence-corrected chi connectivity index (χ4v) is 2.91. The number of anilines is 2. The van der Waals surface area contributed by atoms with E-state index in [9.17, 15) is 0 Å². The summed E-state index contributed by atoms with van der Waals surface area (Å²) in [6, 6.07) is 19.5. The van der Waals surface area contributed by atoms with Crippen LogP contribution in [-0.2, 0) is 6.42 Å². The van der Waals surface area contributed by atoms with Gasteiger partial charge in [0.1, 0.15) is 11.6 Å². The van der Waals surface area contributed by atoms with Crippen LogP contribution in [0.1, 0.15) is 5.56 Å². The SMILES string of the molecule is Nc1ccc(-c2cccc(Cl)c2Cl)c(NCCc2ccccc2)n1. The highest BCUT2D eigenvalue weighted by atomic mass is 35.5. The van der Waals surface area contributed by atoms with Crippen molar-refractivity contribution in [1.82, 2.24) is 4.98 Å². The Hall–Kier alpha value is -2.23. The first-order valence-electron chi connectivity index (χ1n) is 7.64. The maximum atomic E-state index is 6.35. The van der Waals surface area contributed by atoms with E-state index < -0.39 is 0 Å². The number of aromatic nitrogens is 1. The second kappa shape index (κ2) is 7.56. The fourth-order valence-electron chi connectivity index (χ4n) is 2.51. The molecule has 0 bridgehead atoms. The summed E-state index contributed by atoms with van der Waals surface area (Å²) < 4.78 is 0. The summed E-state index contributed by atoms with van der Waals surface area (Å²) in [5.41, 5.74) is 8.82. The van der Waals surface area contributed by atoms with Crippen LogP contribution in [0.15, 0.2) is 60.7 Å². The minimum Gasteiger partial charge on any atom is -0.384 e. The van der Waals surface area contributed by atoms with Gasteiger partial charge in [0.05, 0.1) is 10.0 Å². The standard InChI is InChI=1S/C19H17Cl2N3/c20-16-8-4-7-14(18(16)21)15-9-10-17(22)24-19(15)23-12-11-13-5-2-1-3-6-13/h1-10H,11-12H2,(H3,22,23,24). The first kappa shape index (κ1) is 16.6. The number of hydrogen-bond acceptors (Lipinski definition) is 3. The normalized spacial score (nSPS) is 10.6. The molecule has 0 saturated carbocycles. The predicted molar refractivity (Wildman–Crippen MR) is 103 cm³/mol. The molecule has 3 aromatic rings. The zero-order valence-corrected chi connectivity index (χ0v) is 14.5. The lowest BCUT2D eigenvalue weighted by atomic mass is 10.1. The van der Waals surface area contributed by atoms with Crippen LogP contribution in [0.3, 0.4) is 0 Å². The van der Waals surface area contributed by atoms with Crippen LogP contribution in [0, 0.1) is 0 Å². The molecular weight excluding hydrogens is 341 g/mol. The molecule has 0 aliphatic rings. The minimum absolute atomic E-state index is 0.458. The van der Waals surface area contributed by atoms with E-state index in [1.165, 1.54) is 5.56 Å². The molecule has 0 aliphatic heterocycles. The molecule has 0 radical (unpaired) electrons. The molecule has 3 rings (SSSR count). The number of halogens is 2. The number of nitrogen functional groups attached to an aromatic ring is 1. The van der Waals surface area contributed by atoms with Crippen LogP contribution in [-0.4, -0.2) is 11.5 Å². The van der Waals surface area contributed by atoms with Gasteiger partial charge in [-0.25, -0.2) is 4.98 Å². The van der Waals surface area contributed by atoms with Gasteiger partial charge in [-0.3, -0.25) is 0 Å². The van der Waals surface area contributed by atoms with E-state index in [4.69, 9.17) is 28.9 Å². The molecule has 0 spiro atoms. The summed E-state index contributed by atoms with van der Waals surface area (Å²) in [4.78, 5) is 4.42. The highest BCUT2D eigenvalue weighted by Gasteiger charge is 2.12. The Kier molecular flexibility index (Phi) is 5.24. The summed E-state index contributed by atoms with van der Waals surface area (Å²) in [5.74, 6) is 1.16. The van der Waals surface area contributed by atoms with Crippen molar-refractivity contribution in [3.8, 4) is 11.1 Å². The van der Waals surface area contributed by atoms with E-state index in [1.54, 1.807) is 12.1 Å². The van der Waals surface area contributed by atoms with Crippen molar-refractivity contribution in [3.63, 3.8) is 0 Å². The molecule has 1 heterocycles. The van der Waals surface area contributed by atoms with Crippen molar-refractivity contribution >= 4 is 34.8 Å². The lowest BCUT2D eigenvalue weighted by molar-refractivity contribution is 1.01. The average molecular weight is 358 g/mol. The Labute approximate surface area is 151 Å².